The summed E-state index contributed by atoms with van der Waals surface area (Å²) in [5.41, 5.74) is 0. The Kier molecular flexibility index (Phi) is 9.32. The van der Waals surface area contributed by atoms with E-state index in [2.05, 4.69) is 4.52 Å². The van der Waals surface area contributed by atoms with Crippen molar-refractivity contribution in [2.24, 2.45) is 0 Å². The molecular formula is C3H8NaO3P. The molecule has 1 atom stereocenters. The molecule has 8 heavy (non-hydrogen) atoms. The van der Waals surface area contributed by atoms with Gasteiger partial charge in [0.15, 0.2) is 0 Å². The van der Waals surface area contributed by atoms with Crippen molar-refractivity contribution in [3.05, 3.63) is 0 Å². The van der Waals surface area contributed by atoms with Gasteiger partial charge in [-0.2, -0.15) is 0 Å². The van der Waals surface area contributed by atoms with Gasteiger partial charge >= 0.3 is 29.6 Å². The van der Waals surface area contributed by atoms with Gasteiger partial charge in [0.25, 0.3) is 0 Å². The van der Waals surface area contributed by atoms with Crippen LogP contribution in [0.4, 0.5) is 0 Å². The normalized spacial score (nSPS) is 13.0. The summed E-state index contributed by atoms with van der Waals surface area (Å²) < 4.78 is 13.9. The Labute approximate surface area is 71.7 Å². The van der Waals surface area contributed by atoms with Crippen LogP contribution in [0.5, 0.6) is 0 Å². The van der Waals surface area contributed by atoms with Crippen LogP contribution in [0, 0.1) is 0 Å². The van der Waals surface area contributed by atoms with Gasteiger partial charge in [-0.3, -0.25) is 0 Å². The molecule has 0 saturated heterocycles. The summed E-state index contributed by atoms with van der Waals surface area (Å²) >= 11 is 0. The molecule has 0 amide bonds. The second-order valence-electron chi connectivity index (χ2n) is 1.42. The van der Waals surface area contributed by atoms with Crippen LogP contribution in [-0.4, -0.2) is 6.10 Å². The first-order chi connectivity index (χ1) is 3.13. The first-order valence-electron chi connectivity index (χ1n) is 2.00. The Balaban J connectivity index is 0. The summed E-state index contributed by atoms with van der Waals surface area (Å²) in [6.45, 7) is 3.33. The summed E-state index contributed by atoms with van der Waals surface area (Å²) in [6, 6.07) is 0. The van der Waals surface area contributed by atoms with E-state index in [1.54, 1.807) is 13.8 Å². The molecule has 44 valence electrons. The predicted molar refractivity (Wildman–Crippen MR) is 25.2 cm³/mol. The molecule has 0 heterocycles. The molecule has 0 aliphatic heterocycles. The topological polar surface area (TPSA) is 49.4 Å². The van der Waals surface area contributed by atoms with Crippen molar-refractivity contribution in [2.45, 2.75) is 20.0 Å². The van der Waals surface area contributed by atoms with E-state index in [4.69, 9.17) is 0 Å². The first kappa shape index (κ1) is 11.9. The predicted octanol–water partition coefficient (Wildman–Crippen LogP) is -2.83. The van der Waals surface area contributed by atoms with Crippen LogP contribution in [0.3, 0.4) is 0 Å². The molecule has 1 unspecified atom stereocenters. The van der Waals surface area contributed by atoms with Crippen molar-refractivity contribution >= 4 is 8.25 Å². The van der Waals surface area contributed by atoms with E-state index in [1.165, 1.54) is 0 Å². The quantitative estimate of drug-likeness (QED) is 0.311. The summed E-state index contributed by atoms with van der Waals surface area (Å²) in [4.78, 5) is 9.66. The van der Waals surface area contributed by atoms with Crippen molar-refractivity contribution in [3.8, 4) is 0 Å². The maximum absolute atomic E-state index is 9.66. The maximum Gasteiger partial charge on any atom is 1.00 e. The van der Waals surface area contributed by atoms with Gasteiger partial charge in [0.1, 0.15) is 8.25 Å². The molecule has 0 aromatic carbocycles. The fourth-order valence-electron chi connectivity index (χ4n) is 0.192. The molecule has 0 N–H and O–H groups in total. The minimum atomic E-state index is -2.93. The van der Waals surface area contributed by atoms with Crippen LogP contribution >= 0.6 is 8.25 Å². The average Bonchev–Trinajstić information content (AvgIpc) is 1.27. The third kappa shape index (κ3) is 10.2. The third-order valence-electron chi connectivity index (χ3n) is 0.332. The number of hydrogen-bond donors (Lipinski definition) is 0. The SMILES string of the molecule is CC(C)O[PH](=O)[O-].[Na+]. The zero-order valence-corrected chi connectivity index (χ0v) is 8.30. The fourth-order valence-corrected chi connectivity index (χ4v) is 0.577. The molecule has 0 aromatic heterocycles. The maximum atomic E-state index is 9.66. The van der Waals surface area contributed by atoms with Crippen molar-refractivity contribution in [3.63, 3.8) is 0 Å². The zero-order valence-electron chi connectivity index (χ0n) is 5.30. The molecule has 0 rings (SSSR count). The van der Waals surface area contributed by atoms with E-state index in [9.17, 15) is 9.46 Å². The van der Waals surface area contributed by atoms with Crippen molar-refractivity contribution < 1.29 is 43.5 Å². The van der Waals surface area contributed by atoms with Crippen molar-refractivity contribution in [2.75, 3.05) is 0 Å². The van der Waals surface area contributed by atoms with Crippen LogP contribution in [0.15, 0.2) is 0 Å². The molecule has 0 aliphatic rings. The molecule has 0 saturated carbocycles. The summed E-state index contributed by atoms with van der Waals surface area (Å²) in [5.74, 6) is 0. The van der Waals surface area contributed by atoms with Crippen molar-refractivity contribution in [1.29, 1.82) is 0 Å². The van der Waals surface area contributed by atoms with Crippen LogP contribution in [0.1, 0.15) is 13.8 Å². The van der Waals surface area contributed by atoms with Gasteiger partial charge in [0.05, 0.1) is 6.10 Å². The number of rotatable bonds is 2. The van der Waals surface area contributed by atoms with Crippen LogP contribution < -0.4 is 34.5 Å². The van der Waals surface area contributed by atoms with Crippen LogP contribution in [0.2, 0.25) is 0 Å². The first-order valence-corrected chi connectivity index (χ1v) is 3.23. The van der Waals surface area contributed by atoms with E-state index >= 15 is 0 Å². The Morgan fingerprint density at radius 3 is 2.00 bits per heavy atom. The van der Waals surface area contributed by atoms with E-state index in [1.807, 2.05) is 0 Å². The van der Waals surface area contributed by atoms with Gasteiger partial charge in [-0.15, -0.1) is 0 Å². The Hall–Kier alpha value is 1.15. The Morgan fingerprint density at radius 1 is 1.62 bits per heavy atom. The molecule has 0 bridgehead atoms. The molecule has 3 nitrogen and oxygen atoms in total. The van der Waals surface area contributed by atoms with Gasteiger partial charge in [0.2, 0.25) is 0 Å². The fraction of sp³-hybridized carbons (Fsp3) is 1.00. The van der Waals surface area contributed by atoms with Gasteiger partial charge in [0, 0.05) is 0 Å². The minimum Gasteiger partial charge on any atom is -0.781 e. The van der Waals surface area contributed by atoms with Crippen molar-refractivity contribution in [1.82, 2.24) is 0 Å². The molecule has 0 radical (unpaired) electrons. The zero-order chi connectivity index (χ0) is 5.86. The third-order valence-corrected chi connectivity index (χ3v) is 0.996. The summed E-state index contributed by atoms with van der Waals surface area (Å²) in [5, 5.41) is 0. The van der Waals surface area contributed by atoms with E-state index in [0.717, 1.165) is 0 Å². The molecular weight excluding hydrogens is 138 g/mol. The van der Waals surface area contributed by atoms with Gasteiger partial charge < -0.3 is 14.0 Å². The standard InChI is InChI=1S/C3H9O3P.Na/c1-3(2)6-7(4)5;/h3,7H,1-2H3,(H,4,5);/q;+1/p-1. The summed E-state index contributed by atoms with van der Waals surface area (Å²) in [7, 11) is -2.93. The average molecular weight is 146 g/mol. The molecule has 0 fully saturated rings. The minimum absolute atomic E-state index is 0. The van der Waals surface area contributed by atoms with E-state index in [0.29, 0.717) is 0 Å². The number of hydrogen-bond acceptors (Lipinski definition) is 3. The molecule has 0 aromatic rings. The van der Waals surface area contributed by atoms with Gasteiger partial charge in [-0.25, -0.2) is 0 Å². The van der Waals surface area contributed by atoms with Gasteiger partial charge in [-0.1, -0.05) is 0 Å². The van der Waals surface area contributed by atoms with Crippen LogP contribution in [-0.2, 0) is 9.09 Å². The smallest absolute Gasteiger partial charge is 0.781 e. The molecule has 0 aliphatic carbocycles. The second kappa shape index (κ2) is 6.27. The van der Waals surface area contributed by atoms with E-state index in [-0.39, 0.29) is 35.7 Å². The summed E-state index contributed by atoms with van der Waals surface area (Å²) in [6.07, 6.45) is -0.205. The van der Waals surface area contributed by atoms with E-state index < -0.39 is 8.25 Å². The van der Waals surface area contributed by atoms with Crippen LogP contribution in [0.25, 0.3) is 0 Å². The Morgan fingerprint density at radius 2 is 2.00 bits per heavy atom. The van der Waals surface area contributed by atoms with Gasteiger partial charge in [-0.05, 0) is 13.8 Å². The Bertz CT molecular complexity index is 74.9. The largest absolute Gasteiger partial charge is 1.00 e. The monoisotopic (exact) mass is 146 g/mol. The molecule has 0 spiro atoms. The second-order valence-corrected chi connectivity index (χ2v) is 2.15. The molecule has 5 heteroatoms.